The first kappa shape index (κ1) is 72.2. The molecule has 3 amide bonds. The first-order valence-corrected chi connectivity index (χ1v) is 31.2. The summed E-state index contributed by atoms with van der Waals surface area (Å²) in [6.45, 7) is 10.1. The Morgan fingerprint density at radius 3 is 1.19 bits per heavy atom. The standard InChI is InChI=1S/C23H28N4O3.C22H25N3O3.C21H24N4O3.CH5NS.CH4/c1-2-25-11-4-14-30-18-6-7-21-20(15-18)19(10-12-26-21)22(28)8-9-23(29)27-13-3-5-17(27)16-24;1-2-3-13-28-17-6-7-20-19(14-17)18(10-11-24-20)21(26)8-9-22(27)25-12-4-5-16(25)15-23;22-9-2-12-28-16-4-5-19-18(13-16)17(8-10-24-19)20(26)6-7-21(27)25-11-1-3-15(25)14-23;1-2-3;/h6-7,10,12,15,17,25H,2-5,8-9,11,13-14H2,1H3;6-7,10-11,14,16H,2-5,8-9,12-13H2,1H3;4-5,8,10,13,15H,1-3,6-7,9,11-12,22H2;2-3H,1H3;1H4/t17-;16-;15-;;/m000../s1. The first-order valence-electron chi connectivity index (χ1n) is 30.8. The van der Waals surface area contributed by atoms with E-state index >= 15 is 0 Å². The van der Waals surface area contributed by atoms with E-state index in [4.69, 9.17) is 35.7 Å². The van der Waals surface area contributed by atoms with E-state index in [1.54, 1.807) is 64.6 Å². The van der Waals surface area contributed by atoms with Crippen LogP contribution in [-0.4, -0.2) is 149 Å². The number of aromatic nitrogens is 3. The molecule has 0 spiro atoms. The van der Waals surface area contributed by atoms with E-state index in [1.165, 1.54) is 0 Å². The number of nitrogens with one attached hydrogen (secondary N) is 2. The number of rotatable bonds is 26. The minimum atomic E-state index is -0.363. The monoisotopic (exact) mass is 1250 g/mol. The van der Waals surface area contributed by atoms with Crippen molar-refractivity contribution in [2.75, 3.05) is 66.1 Å². The van der Waals surface area contributed by atoms with Gasteiger partial charge in [-0.25, -0.2) is 0 Å². The van der Waals surface area contributed by atoms with Crippen molar-refractivity contribution < 1.29 is 43.0 Å². The first-order chi connectivity index (χ1) is 43.3. The third kappa shape index (κ3) is 21.0. The van der Waals surface area contributed by atoms with Gasteiger partial charge in [0, 0.05) is 110 Å². The molecular formula is C68H86N12O9S. The number of nitrogens with two attached hydrogens (primary N) is 1. The lowest BCUT2D eigenvalue weighted by Gasteiger charge is -2.19. The van der Waals surface area contributed by atoms with E-state index in [1.807, 2.05) is 48.5 Å². The Kier molecular flexibility index (Phi) is 31.1. The second-order valence-corrected chi connectivity index (χ2v) is 21.9. The summed E-state index contributed by atoms with van der Waals surface area (Å²) in [5.74, 6) is 1.36. The Morgan fingerprint density at radius 2 is 0.878 bits per heavy atom. The molecule has 0 bridgehead atoms. The normalized spacial score (nSPS) is 15.5. The molecule has 4 N–H and O–H groups in total. The lowest BCUT2D eigenvalue weighted by atomic mass is 10.0. The summed E-state index contributed by atoms with van der Waals surface area (Å²) in [4.78, 5) is 93.4. The van der Waals surface area contributed by atoms with E-state index in [0.29, 0.717) is 110 Å². The highest BCUT2D eigenvalue weighted by atomic mass is 32.1. The van der Waals surface area contributed by atoms with Crippen molar-refractivity contribution in [2.45, 2.75) is 142 Å². The van der Waals surface area contributed by atoms with Crippen molar-refractivity contribution >= 4 is 80.6 Å². The number of carbonyl (C=O) groups excluding carboxylic acids is 6. The maximum absolute atomic E-state index is 12.9. The van der Waals surface area contributed by atoms with Crippen LogP contribution >= 0.6 is 12.8 Å². The Bertz CT molecular complexity index is 3340. The lowest BCUT2D eigenvalue weighted by molar-refractivity contribution is -0.131. The zero-order valence-electron chi connectivity index (χ0n) is 51.3. The minimum Gasteiger partial charge on any atom is -0.494 e. The number of carbonyl (C=O) groups is 6. The van der Waals surface area contributed by atoms with Crippen LogP contribution in [0.25, 0.3) is 32.7 Å². The molecule has 0 saturated carbocycles. The smallest absolute Gasteiger partial charge is 0.224 e. The summed E-state index contributed by atoms with van der Waals surface area (Å²) in [6, 6.07) is 27.0. The number of amides is 3. The van der Waals surface area contributed by atoms with Crippen LogP contribution < -0.4 is 30.0 Å². The van der Waals surface area contributed by atoms with Gasteiger partial charge in [-0.15, -0.1) is 0 Å². The van der Waals surface area contributed by atoms with Crippen LogP contribution in [0.15, 0.2) is 91.4 Å². The van der Waals surface area contributed by atoms with Crippen molar-refractivity contribution in [1.82, 2.24) is 39.7 Å². The number of likely N-dealkylation sites (tertiary alicyclic amines) is 3. The second kappa shape index (κ2) is 38.7. The SMILES string of the molecule is C.CCCCOc1ccc2nccc(C(=O)CCC(=O)N3CCC[C@H]3C#N)c2c1.CCNCCCOc1ccc2nccc(C(=O)CCC(=O)N3CCC[C@H]3C#N)c2c1.CNS.N#C[C@@H]1CCCN1C(=O)CCC(=O)c1ccnc2ccc(OCCCN)cc12. The molecule has 0 unspecified atom stereocenters. The average molecular weight is 1250 g/mol. The minimum absolute atomic E-state index is 0. The molecule has 3 aliphatic heterocycles. The molecule has 478 valence electrons. The average Bonchev–Trinajstić information content (AvgIpc) is 2.16. The fourth-order valence-electron chi connectivity index (χ4n) is 10.6. The molecular weight excluding hydrogens is 1160 g/mol. The third-order valence-corrected chi connectivity index (χ3v) is 15.3. The molecule has 3 aromatic heterocycles. The van der Waals surface area contributed by atoms with Gasteiger partial charge in [0.2, 0.25) is 17.7 Å². The highest BCUT2D eigenvalue weighted by Crippen LogP contribution is 2.29. The Hall–Kier alpha value is -8.59. The van der Waals surface area contributed by atoms with Crippen molar-refractivity contribution in [3.63, 3.8) is 0 Å². The third-order valence-electron chi connectivity index (χ3n) is 15.3. The number of thiol groups is 1. The molecule has 3 atom stereocenters. The van der Waals surface area contributed by atoms with Crippen LogP contribution in [-0.2, 0) is 14.4 Å². The number of unbranched alkanes of at least 4 members (excludes halogenated alkanes) is 1. The van der Waals surface area contributed by atoms with Crippen LogP contribution in [0.2, 0.25) is 0 Å². The predicted molar refractivity (Wildman–Crippen MR) is 350 cm³/mol. The Balaban J connectivity index is 0.000000239. The summed E-state index contributed by atoms with van der Waals surface area (Å²) >= 11 is 3.54. The van der Waals surface area contributed by atoms with Crippen molar-refractivity contribution in [2.24, 2.45) is 5.73 Å². The van der Waals surface area contributed by atoms with Gasteiger partial charge < -0.3 is 40.0 Å². The number of ether oxygens (including phenoxy) is 3. The van der Waals surface area contributed by atoms with Gasteiger partial charge in [0.1, 0.15) is 35.4 Å². The fraction of sp³-hybridized carbons (Fsp3) is 0.471. The quantitative estimate of drug-likeness (QED) is 0.0223. The molecule has 90 heavy (non-hydrogen) atoms. The Labute approximate surface area is 534 Å². The molecule has 0 aliphatic carbocycles. The molecule has 6 aromatic rings. The van der Waals surface area contributed by atoms with Gasteiger partial charge in [-0.3, -0.25) is 48.4 Å². The number of ketones is 3. The van der Waals surface area contributed by atoms with Gasteiger partial charge in [0.15, 0.2) is 17.3 Å². The molecule has 3 aromatic carbocycles. The van der Waals surface area contributed by atoms with Crippen LogP contribution in [0, 0.1) is 34.0 Å². The van der Waals surface area contributed by atoms with Crippen LogP contribution in [0.3, 0.4) is 0 Å². The second-order valence-electron chi connectivity index (χ2n) is 21.5. The molecule has 22 heteroatoms. The number of hydrogen-bond donors (Lipinski definition) is 4. The summed E-state index contributed by atoms with van der Waals surface area (Å²) in [5.41, 5.74) is 9.26. The van der Waals surface area contributed by atoms with Crippen LogP contribution in [0.1, 0.15) is 155 Å². The van der Waals surface area contributed by atoms with Gasteiger partial charge in [-0.1, -0.05) is 40.5 Å². The van der Waals surface area contributed by atoms with E-state index in [2.05, 4.69) is 69.9 Å². The summed E-state index contributed by atoms with van der Waals surface area (Å²) in [6.07, 6.45) is 13.8. The molecule has 0 radical (unpaired) electrons. The van der Waals surface area contributed by atoms with Crippen molar-refractivity contribution in [3.8, 4) is 35.5 Å². The topological polar surface area (TPSA) is 300 Å². The number of hydrogen-bond acceptors (Lipinski definition) is 19. The zero-order valence-corrected chi connectivity index (χ0v) is 52.2. The van der Waals surface area contributed by atoms with Gasteiger partial charge >= 0.3 is 0 Å². The predicted octanol–water partition coefficient (Wildman–Crippen LogP) is 10.1. The number of nitriles is 3. The molecule has 3 aliphatic rings. The highest BCUT2D eigenvalue weighted by Gasteiger charge is 2.31. The zero-order chi connectivity index (χ0) is 63.9. The number of pyridine rings is 3. The molecule has 3 fully saturated rings. The fourth-order valence-corrected chi connectivity index (χ4v) is 10.6. The number of fused-ring (bicyclic) bond motifs is 3. The van der Waals surface area contributed by atoms with Crippen LogP contribution in [0.4, 0.5) is 0 Å². The largest absolute Gasteiger partial charge is 0.494 e. The number of nitrogens with zero attached hydrogens (tertiary/aromatic N) is 9. The van der Waals surface area contributed by atoms with E-state index in [0.717, 1.165) is 79.8 Å². The van der Waals surface area contributed by atoms with Gasteiger partial charge in [-0.05, 0) is 157 Å². The van der Waals surface area contributed by atoms with E-state index in [9.17, 15) is 28.8 Å². The lowest BCUT2D eigenvalue weighted by Crippen LogP contribution is -2.34. The van der Waals surface area contributed by atoms with Gasteiger partial charge in [-0.2, -0.15) is 15.8 Å². The van der Waals surface area contributed by atoms with E-state index < -0.39 is 0 Å². The summed E-state index contributed by atoms with van der Waals surface area (Å²) < 4.78 is 19.7. The number of Topliss-reactive ketones (excluding diaryl/α,β-unsaturated/α-hetero) is 3. The number of benzene rings is 3. The molecule has 21 nitrogen and oxygen atoms in total. The summed E-state index contributed by atoms with van der Waals surface area (Å²) in [7, 11) is 1.74. The van der Waals surface area contributed by atoms with Gasteiger partial charge in [0.05, 0.1) is 54.6 Å². The van der Waals surface area contributed by atoms with Gasteiger partial charge in [0.25, 0.3) is 0 Å². The van der Waals surface area contributed by atoms with E-state index in [-0.39, 0.29) is 99.1 Å². The Morgan fingerprint density at radius 1 is 0.544 bits per heavy atom. The maximum Gasteiger partial charge on any atom is 0.224 e. The van der Waals surface area contributed by atoms with Crippen LogP contribution in [0.5, 0.6) is 17.2 Å². The summed E-state index contributed by atoms with van der Waals surface area (Å²) in [5, 5.41) is 32.9. The molecule has 3 saturated heterocycles. The van der Waals surface area contributed by atoms with Crippen molar-refractivity contribution in [1.29, 1.82) is 15.8 Å². The maximum atomic E-state index is 12.9. The molecule has 9 rings (SSSR count). The van der Waals surface area contributed by atoms with Crippen molar-refractivity contribution in [3.05, 3.63) is 108 Å². The molecule has 6 heterocycles. The highest BCUT2D eigenvalue weighted by molar-refractivity contribution is 7.78.